The van der Waals surface area contributed by atoms with Crippen LogP contribution in [0, 0.1) is 6.92 Å². The van der Waals surface area contributed by atoms with E-state index in [1.54, 1.807) is 28.8 Å². The second-order valence-electron chi connectivity index (χ2n) is 7.92. The number of thioether (sulfide) groups is 1. The molecule has 0 heterocycles. The number of hydrogen-bond acceptors (Lipinski definition) is 3. The summed E-state index contributed by atoms with van der Waals surface area (Å²) in [6, 6.07) is 13.1. The summed E-state index contributed by atoms with van der Waals surface area (Å²) < 4.78 is 0. The Hall–Kier alpha value is -1.69. The molecule has 2 rings (SSSR count). The van der Waals surface area contributed by atoms with E-state index in [9.17, 15) is 9.59 Å². The van der Waals surface area contributed by atoms with Crippen molar-refractivity contribution in [2.45, 2.75) is 70.5 Å². The molecule has 1 N–H and O–H groups in total. The standard InChI is InChI=1S/C25H32Cl2N2O2S/c1-5-18(4)28-25(31)23(6-2)29(16-19-9-12-21(26)22(27)15-19)24(30)13-14-32-20-10-7-17(3)8-11-20/h7-12,15,18,23H,5-6,13-14,16H2,1-4H3,(H,28,31)/t18-,23-/m0/s1. The van der Waals surface area contributed by atoms with E-state index in [1.807, 2.05) is 33.8 Å². The Morgan fingerprint density at radius 3 is 2.31 bits per heavy atom. The van der Waals surface area contributed by atoms with Crippen molar-refractivity contribution in [3.8, 4) is 0 Å². The van der Waals surface area contributed by atoms with Gasteiger partial charge in [-0.1, -0.05) is 60.8 Å². The summed E-state index contributed by atoms with van der Waals surface area (Å²) in [6.45, 7) is 8.27. The molecule has 2 atom stereocenters. The third-order valence-corrected chi connectivity index (χ3v) is 7.08. The summed E-state index contributed by atoms with van der Waals surface area (Å²) in [4.78, 5) is 29.0. The minimum absolute atomic E-state index is 0.0515. The lowest BCUT2D eigenvalue weighted by Crippen LogP contribution is -2.50. The smallest absolute Gasteiger partial charge is 0.243 e. The van der Waals surface area contributed by atoms with Gasteiger partial charge in [0.15, 0.2) is 0 Å². The predicted octanol–water partition coefficient (Wildman–Crippen LogP) is 6.51. The first-order valence-electron chi connectivity index (χ1n) is 11.0. The maximum absolute atomic E-state index is 13.3. The van der Waals surface area contributed by atoms with Crippen molar-refractivity contribution in [2.24, 2.45) is 0 Å². The first kappa shape index (κ1) is 26.6. The highest BCUT2D eigenvalue weighted by Gasteiger charge is 2.29. The number of halogens is 2. The van der Waals surface area contributed by atoms with Crippen molar-refractivity contribution in [3.63, 3.8) is 0 Å². The van der Waals surface area contributed by atoms with Crippen LogP contribution in [0.25, 0.3) is 0 Å². The minimum Gasteiger partial charge on any atom is -0.352 e. The number of carbonyl (C=O) groups excluding carboxylic acids is 2. The molecule has 7 heteroatoms. The van der Waals surface area contributed by atoms with Gasteiger partial charge in [-0.05, 0) is 56.5 Å². The normalized spacial score (nSPS) is 12.8. The molecule has 2 amide bonds. The maximum Gasteiger partial charge on any atom is 0.243 e. The van der Waals surface area contributed by atoms with Crippen molar-refractivity contribution in [1.29, 1.82) is 0 Å². The van der Waals surface area contributed by atoms with E-state index in [0.29, 0.717) is 35.2 Å². The van der Waals surface area contributed by atoms with Crippen LogP contribution in [0.15, 0.2) is 47.4 Å². The fourth-order valence-corrected chi connectivity index (χ4v) is 4.39. The van der Waals surface area contributed by atoms with E-state index in [0.717, 1.165) is 16.9 Å². The number of hydrogen-bond donors (Lipinski definition) is 1. The maximum atomic E-state index is 13.3. The molecule has 0 saturated carbocycles. The van der Waals surface area contributed by atoms with Gasteiger partial charge in [0.25, 0.3) is 0 Å². The Kier molecular flexibility index (Phi) is 10.9. The number of amides is 2. The Morgan fingerprint density at radius 2 is 1.72 bits per heavy atom. The van der Waals surface area contributed by atoms with Gasteiger partial charge in [0.2, 0.25) is 11.8 Å². The van der Waals surface area contributed by atoms with E-state index in [2.05, 4.69) is 29.6 Å². The molecule has 4 nitrogen and oxygen atoms in total. The molecule has 0 saturated heterocycles. The Balaban J connectivity index is 2.16. The van der Waals surface area contributed by atoms with Crippen molar-refractivity contribution in [1.82, 2.24) is 10.2 Å². The van der Waals surface area contributed by atoms with Gasteiger partial charge in [-0.3, -0.25) is 9.59 Å². The molecule has 0 aliphatic heterocycles. The topological polar surface area (TPSA) is 49.4 Å². The molecular weight excluding hydrogens is 463 g/mol. The highest BCUT2D eigenvalue weighted by molar-refractivity contribution is 7.99. The molecule has 2 aromatic carbocycles. The van der Waals surface area contributed by atoms with Crippen LogP contribution in [-0.2, 0) is 16.1 Å². The van der Waals surface area contributed by atoms with E-state index in [4.69, 9.17) is 23.2 Å². The summed E-state index contributed by atoms with van der Waals surface area (Å²) in [5.41, 5.74) is 2.05. The van der Waals surface area contributed by atoms with Crippen molar-refractivity contribution >= 4 is 46.8 Å². The average Bonchev–Trinajstić information content (AvgIpc) is 2.77. The van der Waals surface area contributed by atoms with Gasteiger partial charge in [0.05, 0.1) is 10.0 Å². The number of nitrogens with zero attached hydrogens (tertiary/aromatic N) is 1. The molecule has 0 aliphatic carbocycles. The second kappa shape index (κ2) is 13.1. The predicted molar refractivity (Wildman–Crippen MR) is 136 cm³/mol. The van der Waals surface area contributed by atoms with Crippen molar-refractivity contribution < 1.29 is 9.59 Å². The lowest BCUT2D eigenvalue weighted by molar-refractivity contribution is -0.141. The molecule has 0 aromatic heterocycles. The van der Waals surface area contributed by atoms with E-state index >= 15 is 0 Å². The molecule has 0 spiro atoms. The van der Waals surface area contributed by atoms with Crippen molar-refractivity contribution in [2.75, 3.05) is 5.75 Å². The molecule has 2 aromatic rings. The minimum atomic E-state index is -0.546. The zero-order valence-corrected chi connectivity index (χ0v) is 21.5. The number of carbonyl (C=O) groups is 2. The largest absolute Gasteiger partial charge is 0.352 e. The van der Waals surface area contributed by atoms with Crippen LogP contribution in [0.1, 0.15) is 51.2 Å². The molecule has 0 unspecified atom stereocenters. The quantitative estimate of drug-likeness (QED) is 0.362. The summed E-state index contributed by atoms with van der Waals surface area (Å²) in [5.74, 6) is 0.465. The van der Waals surface area contributed by atoms with Crippen LogP contribution in [0.5, 0.6) is 0 Å². The third kappa shape index (κ3) is 8.02. The first-order chi connectivity index (χ1) is 15.2. The summed E-state index contributed by atoms with van der Waals surface area (Å²) in [7, 11) is 0. The van der Waals surface area contributed by atoms with Gasteiger partial charge in [0, 0.05) is 29.7 Å². The monoisotopic (exact) mass is 494 g/mol. The fourth-order valence-electron chi connectivity index (χ4n) is 3.23. The van der Waals surface area contributed by atoms with Gasteiger partial charge < -0.3 is 10.2 Å². The number of benzene rings is 2. The molecule has 0 radical (unpaired) electrons. The van der Waals surface area contributed by atoms with Crippen LogP contribution < -0.4 is 5.32 Å². The van der Waals surface area contributed by atoms with Crippen LogP contribution in [0.2, 0.25) is 10.0 Å². The molecule has 0 bridgehead atoms. The lowest BCUT2D eigenvalue weighted by atomic mass is 10.1. The summed E-state index contributed by atoms with van der Waals surface area (Å²) >= 11 is 13.9. The van der Waals surface area contributed by atoms with E-state index in [1.165, 1.54) is 5.56 Å². The highest BCUT2D eigenvalue weighted by Crippen LogP contribution is 2.25. The van der Waals surface area contributed by atoms with Crippen molar-refractivity contribution in [3.05, 3.63) is 63.6 Å². The van der Waals surface area contributed by atoms with E-state index < -0.39 is 6.04 Å². The summed E-state index contributed by atoms with van der Waals surface area (Å²) in [5, 5.41) is 3.92. The van der Waals surface area contributed by atoms with E-state index in [-0.39, 0.29) is 17.9 Å². The molecule has 174 valence electrons. The second-order valence-corrected chi connectivity index (χ2v) is 9.91. The Labute approximate surface area is 206 Å². The molecule has 0 aliphatic rings. The van der Waals surface area contributed by atoms with Gasteiger partial charge in [0.1, 0.15) is 6.04 Å². The van der Waals surface area contributed by atoms with Crippen LogP contribution in [0.4, 0.5) is 0 Å². The summed E-state index contributed by atoms with van der Waals surface area (Å²) in [6.07, 6.45) is 1.70. The zero-order chi connectivity index (χ0) is 23.7. The van der Waals surface area contributed by atoms with Crippen LogP contribution >= 0.6 is 35.0 Å². The van der Waals surface area contributed by atoms with Crippen LogP contribution in [-0.4, -0.2) is 34.6 Å². The number of aryl methyl sites for hydroxylation is 1. The fraction of sp³-hybridized carbons (Fsp3) is 0.440. The van der Waals surface area contributed by atoms with Gasteiger partial charge in [-0.25, -0.2) is 0 Å². The number of nitrogens with one attached hydrogen (secondary N) is 1. The van der Waals surface area contributed by atoms with Gasteiger partial charge in [-0.2, -0.15) is 0 Å². The average molecular weight is 496 g/mol. The lowest BCUT2D eigenvalue weighted by Gasteiger charge is -2.31. The zero-order valence-electron chi connectivity index (χ0n) is 19.2. The van der Waals surface area contributed by atoms with Gasteiger partial charge in [-0.15, -0.1) is 11.8 Å². The molecular formula is C25H32Cl2N2O2S. The third-order valence-electron chi connectivity index (χ3n) is 5.33. The van der Waals surface area contributed by atoms with Gasteiger partial charge >= 0.3 is 0 Å². The van der Waals surface area contributed by atoms with Crippen LogP contribution in [0.3, 0.4) is 0 Å². The highest BCUT2D eigenvalue weighted by atomic mass is 35.5. The Morgan fingerprint density at radius 1 is 1.03 bits per heavy atom. The Bertz CT molecular complexity index is 905. The molecule has 32 heavy (non-hydrogen) atoms. The first-order valence-corrected chi connectivity index (χ1v) is 12.7. The molecule has 0 fully saturated rings. The number of rotatable bonds is 11. The SMILES string of the molecule is CC[C@H](C)NC(=O)[C@H](CC)N(Cc1ccc(Cl)c(Cl)c1)C(=O)CCSc1ccc(C)cc1.